The Balaban J connectivity index is 1.60. The first-order chi connectivity index (χ1) is 11.3. The first-order valence-corrected chi connectivity index (χ1v) is 9.05. The SMILES string of the molecule is CCCc1nc2c(c(NC3Cc4ccccc4C3)n1)CCCC2. The van der Waals surface area contributed by atoms with Crippen LogP contribution in [-0.2, 0) is 32.1 Å². The van der Waals surface area contributed by atoms with E-state index in [4.69, 9.17) is 9.97 Å². The minimum Gasteiger partial charge on any atom is -0.366 e. The predicted molar refractivity (Wildman–Crippen MR) is 93.9 cm³/mol. The van der Waals surface area contributed by atoms with Gasteiger partial charge in [-0.05, 0) is 56.1 Å². The van der Waals surface area contributed by atoms with Crippen molar-refractivity contribution in [2.75, 3.05) is 5.32 Å². The molecule has 0 amide bonds. The van der Waals surface area contributed by atoms with E-state index in [0.29, 0.717) is 6.04 Å². The molecule has 0 atom stereocenters. The van der Waals surface area contributed by atoms with Crippen LogP contribution < -0.4 is 5.32 Å². The lowest BCUT2D eigenvalue weighted by Gasteiger charge is -2.22. The van der Waals surface area contributed by atoms with Gasteiger partial charge in [0.25, 0.3) is 0 Å². The van der Waals surface area contributed by atoms with Crippen molar-refractivity contribution >= 4 is 5.82 Å². The van der Waals surface area contributed by atoms with Gasteiger partial charge in [0.15, 0.2) is 0 Å². The van der Waals surface area contributed by atoms with Crippen LogP contribution in [0.5, 0.6) is 0 Å². The third kappa shape index (κ3) is 2.97. The Labute approximate surface area is 138 Å². The molecule has 1 N–H and O–H groups in total. The highest BCUT2D eigenvalue weighted by Crippen LogP contribution is 2.29. The molecule has 2 aliphatic rings. The summed E-state index contributed by atoms with van der Waals surface area (Å²) in [4.78, 5) is 9.71. The fourth-order valence-electron chi connectivity index (χ4n) is 3.95. The van der Waals surface area contributed by atoms with Crippen molar-refractivity contribution in [3.8, 4) is 0 Å². The Kier molecular flexibility index (Phi) is 4.02. The lowest BCUT2D eigenvalue weighted by atomic mass is 9.96. The van der Waals surface area contributed by atoms with Crippen LogP contribution in [0.3, 0.4) is 0 Å². The van der Waals surface area contributed by atoms with E-state index in [9.17, 15) is 0 Å². The second-order valence-corrected chi connectivity index (χ2v) is 6.89. The van der Waals surface area contributed by atoms with Gasteiger partial charge in [-0.15, -0.1) is 0 Å². The van der Waals surface area contributed by atoms with Gasteiger partial charge < -0.3 is 5.32 Å². The largest absolute Gasteiger partial charge is 0.366 e. The average Bonchev–Trinajstić information content (AvgIpc) is 2.97. The Morgan fingerprint density at radius 3 is 2.52 bits per heavy atom. The van der Waals surface area contributed by atoms with Gasteiger partial charge in [-0.1, -0.05) is 31.2 Å². The molecule has 0 fully saturated rings. The standard InChI is InChI=1S/C20H25N3/c1-2-7-19-22-18-11-6-5-10-17(18)20(23-19)21-16-12-14-8-3-4-9-15(14)13-16/h3-4,8-9,16H,2,5-7,10-13H2,1H3,(H,21,22,23). The molecule has 0 unspecified atom stereocenters. The monoisotopic (exact) mass is 307 g/mol. The third-order valence-electron chi connectivity index (χ3n) is 5.09. The summed E-state index contributed by atoms with van der Waals surface area (Å²) in [5, 5.41) is 3.76. The van der Waals surface area contributed by atoms with Crippen LogP contribution in [0.15, 0.2) is 24.3 Å². The molecule has 1 heterocycles. The van der Waals surface area contributed by atoms with Crippen molar-refractivity contribution in [2.45, 2.75) is 64.3 Å². The van der Waals surface area contributed by atoms with E-state index in [-0.39, 0.29) is 0 Å². The molecule has 2 aromatic rings. The lowest BCUT2D eigenvalue weighted by Crippen LogP contribution is -2.23. The number of benzene rings is 1. The van der Waals surface area contributed by atoms with Crippen LogP contribution in [0.4, 0.5) is 5.82 Å². The van der Waals surface area contributed by atoms with E-state index in [2.05, 4.69) is 36.5 Å². The topological polar surface area (TPSA) is 37.8 Å². The Morgan fingerprint density at radius 1 is 1.04 bits per heavy atom. The van der Waals surface area contributed by atoms with Gasteiger partial charge in [-0.3, -0.25) is 0 Å². The molecule has 0 bridgehead atoms. The van der Waals surface area contributed by atoms with Crippen molar-refractivity contribution in [1.82, 2.24) is 9.97 Å². The minimum atomic E-state index is 0.475. The summed E-state index contributed by atoms with van der Waals surface area (Å²) in [5.41, 5.74) is 5.66. The maximum atomic E-state index is 4.88. The van der Waals surface area contributed by atoms with Gasteiger partial charge in [0.2, 0.25) is 0 Å². The van der Waals surface area contributed by atoms with E-state index < -0.39 is 0 Å². The molecule has 1 aromatic carbocycles. The lowest BCUT2D eigenvalue weighted by molar-refractivity contribution is 0.648. The van der Waals surface area contributed by atoms with Gasteiger partial charge in [-0.25, -0.2) is 9.97 Å². The predicted octanol–water partition coefficient (Wildman–Crippen LogP) is 3.89. The molecule has 0 radical (unpaired) electrons. The molecular weight excluding hydrogens is 282 g/mol. The summed E-state index contributed by atoms with van der Waals surface area (Å²) in [6, 6.07) is 9.28. The zero-order valence-electron chi connectivity index (χ0n) is 13.9. The Morgan fingerprint density at radius 2 is 1.78 bits per heavy atom. The molecule has 120 valence electrons. The van der Waals surface area contributed by atoms with Crippen molar-refractivity contribution in [3.05, 3.63) is 52.5 Å². The zero-order chi connectivity index (χ0) is 15.6. The number of hydrogen-bond donors (Lipinski definition) is 1. The van der Waals surface area contributed by atoms with Crippen LogP contribution >= 0.6 is 0 Å². The fraction of sp³-hybridized carbons (Fsp3) is 0.500. The van der Waals surface area contributed by atoms with Crippen LogP contribution in [0.2, 0.25) is 0 Å². The summed E-state index contributed by atoms with van der Waals surface area (Å²) in [6.07, 6.45) is 9.08. The summed E-state index contributed by atoms with van der Waals surface area (Å²) in [7, 11) is 0. The van der Waals surface area contributed by atoms with E-state index in [1.54, 1.807) is 0 Å². The highest BCUT2D eigenvalue weighted by Gasteiger charge is 2.24. The second kappa shape index (κ2) is 6.31. The summed E-state index contributed by atoms with van der Waals surface area (Å²) < 4.78 is 0. The van der Waals surface area contributed by atoms with Gasteiger partial charge in [0, 0.05) is 23.7 Å². The molecule has 0 spiro atoms. The van der Waals surface area contributed by atoms with Crippen LogP contribution in [0, 0.1) is 0 Å². The number of nitrogens with one attached hydrogen (secondary N) is 1. The van der Waals surface area contributed by atoms with Gasteiger partial charge in [0.05, 0.1) is 0 Å². The number of aromatic nitrogens is 2. The summed E-state index contributed by atoms with van der Waals surface area (Å²) >= 11 is 0. The van der Waals surface area contributed by atoms with Gasteiger partial charge in [-0.2, -0.15) is 0 Å². The second-order valence-electron chi connectivity index (χ2n) is 6.89. The molecule has 3 heteroatoms. The first-order valence-electron chi connectivity index (χ1n) is 9.05. The van der Waals surface area contributed by atoms with Crippen molar-refractivity contribution in [2.24, 2.45) is 0 Å². The molecule has 4 rings (SSSR count). The molecule has 1 aromatic heterocycles. The normalized spacial score (nSPS) is 16.9. The van der Waals surface area contributed by atoms with Crippen LogP contribution in [0.1, 0.15) is 54.4 Å². The van der Waals surface area contributed by atoms with Crippen molar-refractivity contribution in [1.29, 1.82) is 0 Å². The summed E-state index contributed by atoms with van der Waals surface area (Å²) in [5.74, 6) is 2.14. The average molecular weight is 307 g/mol. The van der Waals surface area contributed by atoms with E-state index >= 15 is 0 Å². The number of rotatable bonds is 4. The van der Waals surface area contributed by atoms with Crippen LogP contribution in [-0.4, -0.2) is 16.0 Å². The highest BCUT2D eigenvalue weighted by atomic mass is 15.1. The maximum Gasteiger partial charge on any atom is 0.133 e. The molecule has 0 aliphatic heterocycles. The van der Waals surface area contributed by atoms with Crippen LogP contribution in [0.25, 0.3) is 0 Å². The number of aryl methyl sites for hydroxylation is 2. The third-order valence-corrected chi connectivity index (χ3v) is 5.09. The van der Waals surface area contributed by atoms with Gasteiger partial charge >= 0.3 is 0 Å². The van der Waals surface area contributed by atoms with E-state index in [1.165, 1.54) is 35.2 Å². The Hall–Kier alpha value is -1.90. The fourth-order valence-corrected chi connectivity index (χ4v) is 3.95. The number of anilines is 1. The number of nitrogens with zero attached hydrogens (tertiary/aromatic N) is 2. The summed E-state index contributed by atoms with van der Waals surface area (Å²) in [6.45, 7) is 2.20. The van der Waals surface area contributed by atoms with E-state index in [0.717, 1.165) is 50.2 Å². The molecule has 23 heavy (non-hydrogen) atoms. The molecular formula is C20H25N3. The number of hydrogen-bond acceptors (Lipinski definition) is 3. The molecule has 3 nitrogen and oxygen atoms in total. The quantitative estimate of drug-likeness (QED) is 0.931. The van der Waals surface area contributed by atoms with Crippen molar-refractivity contribution < 1.29 is 0 Å². The van der Waals surface area contributed by atoms with E-state index in [1.807, 2.05) is 0 Å². The number of fused-ring (bicyclic) bond motifs is 2. The highest BCUT2D eigenvalue weighted by molar-refractivity contribution is 5.50. The minimum absolute atomic E-state index is 0.475. The Bertz CT molecular complexity index is 683. The molecule has 2 aliphatic carbocycles. The molecule has 0 saturated carbocycles. The van der Waals surface area contributed by atoms with Gasteiger partial charge in [0.1, 0.15) is 11.6 Å². The molecule has 0 saturated heterocycles. The zero-order valence-corrected chi connectivity index (χ0v) is 13.9. The maximum absolute atomic E-state index is 4.88. The first kappa shape index (κ1) is 14.7. The van der Waals surface area contributed by atoms with Crippen molar-refractivity contribution in [3.63, 3.8) is 0 Å². The smallest absolute Gasteiger partial charge is 0.133 e.